The van der Waals surface area contributed by atoms with E-state index >= 15 is 0 Å². The summed E-state index contributed by atoms with van der Waals surface area (Å²) in [5.74, 6) is 2.57. The molecule has 3 aromatic rings. The number of methoxy groups -OCH3 is 2. The van der Waals surface area contributed by atoms with Gasteiger partial charge in [-0.25, -0.2) is 0 Å². The van der Waals surface area contributed by atoms with Crippen molar-refractivity contribution in [2.24, 2.45) is 0 Å². The summed E-state index contributed by atoms with van der Waals surface area (Å²) in [5, 5.41) is 12.8. The molecule has 0 saturated heterocycles. The zero-order valence-electron chi connectivity index (χ0n) is 19.2. The second kappa shape index (κ2) is 11.3. The second-order valence-corrected chi connectivity index (χ2v) is 8.54. The van der Waals surface area contributed by atoms with Crippen molar-refractivity contribution in [3.63, 3.8) is 0 Å². The van der Waals surface area contributed by atoms with Gasteiger partial charge >= 0.3 is 0 Å². The minimum Gasteiger partial charge on any atom is -0.497 e. The molecule has 1 N–H and O–H groups in total. The topological polar surface area (TPSA) is 87.5 Å². The standard InChI is InChI=1S/C23H27ClN4O4S/c1-6-28-22(15(3)32-19-10-7-16(24)11-14(19)2)26-27-23(28)33-13-21(29)25-18-9-8-17(30-4)12-20(18)31-5/h7-12,15H,6,13H2,1-5H3,(H,25,29). The average Bonchev–Trinajstić information content (AvgIpc) is 3.22. The summed E-state index contributed by atoms with van der Waals surface area (Å²) in [5.41, 5.74) is 1.51. The summed E-state index contributed by atoms with van der Waals surface area (Å²) in [6.45, 7) is 6.50. The Bertz CT molecular complexity index is 1120. The number of aryl methyl sites for hydroxylation is 1. The van der Waals surface area contributed by atoms with E-state index in [9.17, 15) is 4.79 Å². The molecule has 1 unspecified atom stereocenters. The van der Waals surface area contributed by atoms with Crippen molar-refractivity contribution in [1.29, 1.82) is 0 Å². The van der Waals surface area contributed by atoms with Crippen LogP contribution in [0.15, 0.2) is 41.6 Å². The van der Waals surface area contributed by atoms with E-state index < -0.39 is 0 Å². The van der Waals surface area contributed by atoms with Crippen LogP contribution in [0.5, 0.6) is 17.2 Å². The molecule has 176 valence electrons. The molecule has 1 aromatic heterocycles. The van der Waals surface area contributed by atoms with E-state index in [1.54, 1.807) is 38.5 Å². The number of anilines is 1. The Kier molecular flexibility index (Phi) is 8.46. The number of carbonyl (C=O) groups is 1. The lowest BCUT2D eigenvalue weighted by molar-refractivity contribution is -0.113. The van der Waals surface area contributed by atoms with Crippen LogP contribution in [0.2, 0.25) is 5.02 Å². The predicted molar refractivity (Wildman–Crippen MR) is 130 cm³/mol. The third-order valence-electron chi connectivity index (χ3n) is 4.88. The fourth-order valence-electron chi connectivity index (χ4n) is 3.21. The molecule has 1 amide bonds. The van der Waals surface area contributed by atoms with E-state index in [0.717, 1.165) is 11.3 Å². The van der Waals surface area contributed by atoms with Crippen molar-refractivity contribution < 1.29 is 19.0 Å². The van der Waals surface area contributed by atoms with Crippen molar-refractivity contribution in [2.75, 3.05) is 25.3 Å². The van der Waals surface area contributed by atoms with Gasteiger partial charge in [0, 0.05) is 17.6 Å². The number of halogens is 1. The highest BCUT2D eigenvalue weighted by Gasteiger charge is 2.20. The predicted octanol–water partition coefficient (Wildman–Crippen LogP) is 5.15. The summed E-state index contributed by atoms with van der Waals surface area (Å²) in [4.78, 5) is 12.5. The van der Waals surface area contributed by atoms with E-state index in [1.165, 1.54) is 11.8 Å². The summed E-state index contributed by atoms with van der Waals surface area (Å²) < 4.78 is 18.6. The summed E-state index contributed by atoms with van der Waals surface area (Å²) in [7, 11) is 3.11. The SMILES string of the molecule is CCn1c(SCC(=O)Nc2ccc(OC)cc2OC)nnc1C(C)Oc1ccc(Cl)cc1C. The number of amides is 1. The number of benzene rings is 2. The Morgan fingerprint density at radius 1 is 1.15 bits per heavy atom. The molecule has 0 aliphatic carbocycles. The Morgan fingerprint density at radius 3 is 2.61 bits per heavy atom. The Morgan fingerprint density at radius 2 is 1.94 bits per heavy atom. The van der Waals surface area contributed by atoms with Crippen LogP contribution in [0, 0.1) is 6.92 Å². The van der Waals surface area contributed by atoms with E-state index in [4.69, 9.17) is 25.8 Å². The van der Waals surface area contributed by atoms with Gasteiger partial charge in [-0.05, 0) is 56.7 Å². The molecule has 33 heavy (non-hydrogen) atoms. The van der Waals surface area contributed by atoms with Crippen LogP contribution in [0.4, 0.5) is 5.69 Å². The summed E-state index contributed by atoms with van der Waals surface area (Å²) >= 11 is 7.34. The molecule has 0 aliphatic heterocycles. The van der Waals surface area contributed by atoms with Crippen molar-refractivity contribution >= 4 is 35.0 Å². The highest BCUT2D eigenvalue weighted by atomic mass is 35.5. The number of thioether (sulfide) groups is 1. The molecule has 8 nitrogen and oxygen atoms in total. The zero-order valence-corrected chi connectivity index (χ0v) is 20.8. The van der Waals surface area contributed by atoms with Crippen molar-refractivity contribution in [3.8, 4) is 17.2 Å². The molecule has 0 fully saturated rings. The van der Waals surface area contributed by atoms with Gasteiger partial charge in [0.05, 0.1) is 25.7 Å². The Balaban J connectivity index is 1.66. The van der Waals surface area contributed by atoms with Gasteiger partial charge in [0.2, 0.25) is 5.91 Å². The number of ether oxygens (including phenoxy) is 3. The third-order valence-corrected chi connectivity index (χ3v) is 6.08. The normalized spacial score (nSPS) is 11.7. The van der Waals surface area contributed by atoms with Gasteiger partial charge in [-0.15, -0.1) is 10.2 Å². The lowest BCUT2D eigenvalue weighted by Gasteiger charge is -2.17. The lowest BCUT2D eigenvalue weighted by atomic mass is 10.2. The number of hydrogen-bond acceptors (Lipinski definition) is 7. The zero-order chi connectivity index (χ0) is 24.0. The number of rotatable bonds is 10. The number of hydrogen-bond donors (Lipinski definition) is 1. The fraction of sp³-hybridized carbons (Fsp3) is 0.348. The van der Waals surface area contributed by atoms with Gasteiger partial charge in [-0.1, -0.05) is 23.4 Å². The van der Waals surface area contributed by atoms with Crippen LogP contribution < -0.4 is 19.5 Å². The van der Waals surface area contributed by atoms with Crippen LogP contribution in [-0.4, -0.2) is 40.6 Å². The number of nitrogens with one attached hydrogen (secondary N) is 1. The molecule has 1 atom stereocenters. The maximum absolute atomic E-state index is 12.5. The van der Waals surface area contributed by atoms with Gasteiger partial charge in [0.25, 0.3) is 0 Å². The van der Waals surface area contributed by atoms with E-state index in [1.807, 2.05) is 37.5 Å². The van der Waals surface area contributed by atoms with Crippen LogP contribution in [0.1, 0.15) is 31.3 Å². The first-order chi connectivity index (χ1) is 15.9. The monoisotopic (exact) mass is 490 g/mol. The van der Waals surface area contributed by atoms with Gasteiger partial charge in [0.15, 0.2) is 17.1 Å². The van der Waals surface area contributed by atoms with Crippen molar-refractivity contribution in [1.82, 2.24) is 14.8 Å². The smallest absolute Gasteiger partial charge is 0.234 e. The minimum atomic E-state index is -0.330. The van der Waals surface area contributed by atoms with Gasteiger partial charge in [0.1, 0.15) is 17.2 Å². The van der Waals surface area contributed by atoms with Crippen LogP contribution >= 0.6 is 23.4 Å². The van der Waals surface area contributed by atoms with Crippen molar-refractivity contribution in [3.05, 3.63) is 52.8 Å². The first-order valence-corrected chi connectivity index (χ1v) is 11.7. The van der Waals surface area contributed by atoms with E-state index in [-0.39, 0.29) is 17.8 Å². The quantitative estimate of drug-likeness (QED) is 0.393. The third kappa shape index (κ3) is 6.11. The molecular formula is C23H27ClN4O4S. The summed E-state index contributed by atoms with van der Waals surface area (Å²) in [6.07, 6.45) is -0.330. The summed E-state index contributed by atoms with van der Waals surface area (Å²) in [6, 6.07) is 10.7. The first-order valence-electron chi connectivity index (χ1n) is 10.4. The van der Waals surface area contributed by atoms with Crippen LogP contribution in [0.25, 0.3) is 0 Å². The molecule has 3 rings (SSSR count). The van der Waals surface area contributed by atoms with Crippen molar-refractivity contribution in [2.45, 2.75) is 38.6 Å². The maximum atomic E-state index is 12.5. The molecule has 2 aromatic carbocycles. The minimum absolute atomic E-state index is 0.166. The Labute approximate surface area is 202 Å². The highest BCUT2D eigenvalue weighted by Crippen LogP contribution is 2.30. The molecule has 10 heteroatoms. The molecule has 0 bridgehead atoms. The van der Waals surface area contributed by atoms with E-state index in [0.29, 0.717) is 39.7 Å². The second-order valence-electron chi connectivity index (χ2n) is 7.16. The Hall–Kier alpha value is -2.91. The number of aromatic nitrogens is 3. The molecule has 0 saturated carbocycles. The maximum Gasteiger partial charge on any atom is 0.234 e. The molecule has 0 radical (unpaired) electrons. The molecular weight excluding hydrogens is 464 g/mol. The first kappa shape index (κ1) is 24.7. The number of carbonyl (C=O) groups excluding carboxylic acids is 1. The molecule has 0 spiro atoms. The largest absolute Gasteiger partial charge is 0.497 e. The average molecular weight is 491 g/mol. The number of nitrogens with zero attached hydrogens (tertiary/aromatic N) is 3. The van der Waals surface area contributed by atoms with Crippen LogP contribution in [-0.2, 0) is 11.3 Å². The lowest BCUT2D eigenvalue weighted by Crippen LogP contribution is -2.16. The highest BCUT2D eigenvalue weighted by molar-refractivity contribution is 7.99. The van der Waals surface area contributed by atoms with Gasteiger partial charge < -0.3 is 24.1 Å². The molecule has 1 heterocycles. The van der Waals surface area contributed by atoms with Crippen LogP contribution in [0.3, 0.4) is 0 Å². The fourth-order valence-corrected chi connectivity index (χ4v) is 4.25. The van der Waals surface area contributed by atoms with Gasteiger partial charge in [-0.3, -0.25) is 4.79 Å². The van der Waals surface area contributed by atoms with Gasteiger partial charge in [-0.2, -0.15) is 0 Å². The van der Waals surface area contributed by atoms with E-state index in [2.05, 4.69) is 15.5 Å². The molecule has 0 aliphatic rings.